The molecule has 2 atom stereocenters. The smallest absolute Gasteiger partial charge is 0.408 e. The number of benzene rings is 1. The van der Waals surface area contributed by atoms with Crippen LogP contribution < -0.4 is 5.76 Å². The molecule has 0 bridgehead atoms. The van der Waals surface area contributed by atoms with E-state index >= 15 is 0 Å². The minimum Gasteiger partial charge on any atom is -0.408 e. The highest BCUT2D eigenvalue weighted by molar-refractivity contribution is 9.09. The van der Waals surface area contributed by atoms with Gasteiger partial charge in [0.15, 0.2) is 5.58 Å². The number of fused-ring (bicyclic) bond motifs is 1. The van der Waals surface area contributed by atoms with E-state index in [1.807, 2.05) is 18.2 Å². The van der Waals surface area contributed by atoms with Gasteiger partial charge in [0, 0.05) is 4.83 Å². The molecule has 0 spiro atoms. The van der Waals surface area contributed by atoms with Gasteiger partial charge in [-0.3, -0.25) is 4.98 Å². The lowest BCUT2D eigenvalue weighted by molar-refractivity contribution is 0.499. The number of aromatic amines is 1. The zero-order valence-corrected chi connectivity index (χ0v) is 12.3. The molecule has 0 amide bonds. The average Bonchev–Trinajstić information content (AvgIpc) is 2.73. The van der Waals surface area contributed by atoms with Gasteiger partial charge in [0.2, 0.25) is 0 Å². The van der Waals surface area contributed by atoms with Crippen molar-refractivity contribution in [3.05, 3.63) is 34.3 Å². The molecule has 2 aromatic rings. The van der Waals surface area contributed by atoms with E-state index in [1.165, 1.54) is 19.3 Å². The highest BCUT2D eigenvalue weighted by Gasteiger charge is 2.16. The molecule has 2 unspecified atom stereocenters. The van der Waals surface area contributed by atoms with Gasteiger partial charge in [0.25, 0.3) is 0 Å². The molecule has 0 saturated carbocycles. The maximum Gasteiger partial charge on any atom is 0.417 e. The summed E-state index contributed by atoms with van der Waals surface area (Å²) in [5, 5.41) is 0. The van der Waals surface area contributed by atoms with Crippen molar-refractivity contribution >= 4 is 27.0 Å². The highest BCUT2D eigenvalue weighted by Crippen LogP contribution is 2.34. The van der Waals surface area contributed by atoms with Gasteiger partial charge in [0.05, 0.1) is 5.52 Å². The van der Waals surface area contributed by atoms with Crippen LogP contribution in [0.25, 0.3) is 11.1 Å². The van der Waals surface area contributed by atoms with E-state index in [9.17, 15) is 4.79 Å². The first-order valence-electron chi connectivity index (χ1n) is 6.38. The molecule has 1 N–H and O–H groups in total. The summed E-state index contributed by atoms with van der Waals surface area (Å²) in [5.41, 5.74) is 2.54. The molecule has 1 aromatic heterocycles. The monoisotopic (exact) mass is 311 g/mol. The fraction of sp³-hybridized carbons (Fsp3) is 0.500. The zero-order chi connectivity index (χ0) is 13.1. The molecule has 0 aliphatic carbocycles. The quantitative estimate of drug-likeness (QED) is 0.833. The predicted octanol–water partition coefficient (Wildman–Crippen LogP) is 4.38. The maximum absolute atomic E-state index is 11.1. The number of unbranched alkanes of at least 4 members (excludes halogenated alkanes) is 1. The number of hydrogen-bond donors (Lipinski definition) is 1. The van der Waals surface area contributed by atoms with Gasteiger partial charge in [-0.05, 0) is 30.0 Å². The van der Waals surface area contributed by atoms with Crippen LogP contribution in [-0.4, -0.2) is 4.98 Å². The fourth-order valence-corrected chi connectivity index (χ4v) is 2.68. The molecule has 2 rings (SSSR count). The van der Waals surface area contributed by atoms with Crippen molar-refractivity contribution in [2.24, 2.45) is 5.92 Å². The molecule has 0 aliphatic rings. The third kappa shape index (κ3) is 2.86. The molecule has 0 aliphatic heterocycles. The number of oxazole rings is 1. The first kappa shape index (κ1) is 13.4. The van der Waals surface area contributed by atoms with Crippen LogP contribution in [0.2, 0.25) is 0 Å². The van der Waals surface area contributed by atoms with Gasteiger partial charge < -0.3 is 4.42 Å². The van der Waals surface area contributed by atoms with Crippen LogP contribution in [0.15, 0.2) is 27.4 Å². The van der Waals surface area contributed by atoms with Gasteiger partial charge in [-0.2, -0.15) is 0 Å². The Kier molecular flexibility index (Phi) is 4.27. The topological polar surface area (TPSA) is 46.0 Å². The van der Waals surface area contributed by atoms with Crippen LogP contribution in [0.4, 0.5) is 0 Å². The molecule has 1 aromatic carbocycles. The number of nitrogens with one attached hydrogen (secondary N) is 1. The van der Waals surface area contributed by atoms with Crippen molar-refractivity contribution in [1.29, 1.82) is 0 Å². The van der Waals surface area contributed by atoms with Crippen molar-refractivity contribution in [3.63, 3.8) is 0 Å². The lowest BCUT2D eigenvalue weighted by Gasteiger charge is -2.18. The first-order chi connectivity index (χ1) is 8.61. The summed E-state index contributed by atoms with van der Waals surface area (Å²) in [5.74, 6) is 0.167. The van der Waals surface area contributed by atoms with Crippen LogP contribution in [0, 0.1) is 5.92 Å². The van der Waals surface area contributed by atoms with Gasteiger partial charge in [0.1, 0.15) is 0 Å². The molecule has 0 fully saturated rings. The maximum atomic E-state index is 11.1. The van der Waals surface area contributed by atoms with Crippen LogP contribution in [0.3, 0.4) is 0 Å². The van der Waals surface area contributed by atoms with Crippen LogP contribution in [0.5, 0.6) is 0 Å². The van der Waals surface area contributed by atoms with E-state index in [-0.39, 0.29) is 0 Å². The Morgan fingerprint density at radius 3 is 2.94 bits per heavy atom. The van der Waals surface area contributed by atoms with Crippen LogP contribution in [-0.2, 0) is 0 Å². The Balaban J connectivity index is 2.21. The number of alkyl halides is 1. The van der Waals surface area contributed by atoms with E-state index in [4.69, 9.17) is 4.42 Å². The van der Waals surface area contributed by atoms with Gasteiger partial charge in [-0.15, -0.1) is 0 Å². The molecule has 18 heavy (non-hydrogen) atoms. The van der Waals surface area contributed by atoms with E-state index in [0.29, 0.717) is 16.3 Å². The van der Waals surface area contributed by atoms with Crippen molar-refractivity contribution in [3.8, 4) is 0 Å². The second-order valence-electron chi connectivity index (χ2n) is 4.79. The Labute approximate surface area is 115 Å². The summed E-state index contributed by atoms with van der Waals surface area (Å²) in [6, 6.07) is 5.88. The summed E-state index contributed by atoms with van der Waals surface area (Å²) >= 11 is 3.74. The van der Waals surface area contributed by atoms with E-state index in [2.05, 4.69) is 34.8 Å². The largest absolute Gasteiger partial charge is 0.417 e. The van der Waals surface area contributed by atoms with E-state index in [0.717, 1.165) is 11.1 Å². The van der Waals surface area contributed by atoms with Crippen molar-refractivity contribution in [2.75, 3.05) is 0 Å². The lowest BCUT2D eigenvalue weighted by atomic mass is 9.96. The standard InChI is InChI=1S/C14H18BrNO2/c1-3-4-5-9(2)13(15)10-6-7-11-12(8-10)18-14(17)16-11/h6-9,13H,3-5H2,1-2H3,(H,16,17). The van der Waals surface area contributed by atoms with Gasteiger partial charge in [-0.25, -0.2) is 4.79 Å². The molecular weight excluding hydrogens is 294 g/mol. The number of H-pyrrole nitrogens is 1. The van der Waals surface area contributed by atoms with Crippen molar-refractivity contribution < 1.29 is 4.42 Å². The minimum absolute atomic E-state index is 0.300. The molecule has 3 nitrogen and oxygen atoms in total. The zero-order valence-electron chi connectivity index (χ0n) is 10.7. The summed E-state index contributed by atoms with van der Waals surface area (Å²) in [6.07, 6.45) is 3.65. The molecule has 4 heteroatoms. The third-order valence-electron chi connectivity index (χ3n) is 3.28. The normalized spacial score (nSPS) is 14.8. The number of hydrogen-bond acceptors (Lipinski definition) is 2. The van der Waals surface area contributed by atoms with Crippen molar-refractivity contribution in [1.82, 2.24) is 4.98 Å². The Bertz CT molecular complexity index is 572. The highest BCUT2D eigenvalue weighted by atomic mass is 79.9. The number of rotatable bonds is 5. The Morgan fingerprint density at radius 1 is 1.44 bits per heavy atom. The molecule has 98 valence electrons. The SMILES string of the molecule is CCCCC(C)C(Br)c1ccc2[nH]c(=O)oc2c1. The van der Waals surface area contributed by atoms with E-state index in [1.54, 1.807) is 0 Å². The Morgan fingerprint density at radius 2 is 2.22 bits per heavy atom. The molecule has 0 saturated heterocycles. The van der Waals surface area contributed by atoms with Crippen LogP contribution in [0.1, 0.15) is 43.5 Å². The summed E-state index contributed by atoms with van der Waals surface area (Å²) in [4.78, 5) is 14.1. The average molecular weight is 312 g/mol. The van der Waals surface area contributed by atoms with Crippen molar-refractivity contribution in [2.45, 2.75) is 37.9 Å². The van der Waals surface area contributed by atoms with Gasteiger partial charge in [-0.1, -0.05) is 48.7 Å². The first-order valence-corrected chi connectivity index (χ1v) is 7.30. The number of halogens is 1. The summed E-state index contributed by atoms with van der Waals surface area (Å²) < 4.78 is 5.09. The second kappa shape index (κ2) is 5.74. The summed E-state index contributed by atoms with van der Waals surface area (Å²) in [6.45, 7) is 4.45. The molecular formula is C14H18BrNO2. The van der Waals surface area contributed by atoms with Crippen LogP contribution >= 0.6 is 15.9 Å². The minimum atomic E-state index is -0.396. The van der Waals surface area contributed by atoms with E-state index < -0.39 is 5.76 Å². The third-order valence-corrected chi connectivity index (χ3v) is 4.71. The molecule has 1 heterocycles. The second-order valence-corrected chi connectivity index (χ2v) is 5.78. The van der Waals surface area contributed by atoms with Gasteiger partial charge >= 0.3 is 5.76 Å². The predicted molar refractivity (Wildman–Crippen MR) is 77.2 cm³/mol. The number of aromatic nitrogens is 1. The fourth-order valence-electron chi connectivity index (χ4n) is 2.13. The Hall–Kier alpha value is -1.03. The summed E-state index contributed by atoms with van der Waals surface area (Å²) in [7, 11) is 0. The lowest BCUT2D eigenvalue weighted by Crippen LogP contribution is -2.03. The molecule has 0 radical (unpaired) electrons.